The summed E-state index contributed by atoms with van der Waals surface area (Å²) in [5.74, 6) is 0. The first-order valence-electron chi connectivity index (χ1n) is 17.3. The minimum atomic E-state index is -1.32. The number of hydrogen-bond donors (Lipinski definition) is 0. The monoisotopic (exact) mass is 578 g/mol. The minimum absolute atomic E-state index is 0.258. The van der Waals surface area contributed by atoms with Gasteiger partial charge in [-0.25, -0.2) is 0 Å². The van der Waals surface area contributed by atoms with E-state index >= 15 is 0 Å². The molecule has 40 heavy (non-hydrogen) atoms. The minimum Gasteiger partial charge on any atom is -0.0656 e. The van der Waals surface area contributed by atoms with Crippen molar-refractivity contribution >= 4 is 28.0 Å². The number of hydrogen-bond acceptors (Lipinski definition) is 0. The SMILES string of the molecule is CCCCCCCCCCCCCCCCCCCC1([Si]c2cc(C)cc([Si](C)(C)C)c2)C(C)=C(C)C(C)=C1C. The molecule has 0 N–H and O–H groups in total. The lowest BCUT2D eigenvalue weighted by molar-refractivity contribution is 0.518. The van der Waals surface area contributed by atoms with Crippen LogP contribution in [0.15, 0.2) is 40.5 Å². The van der Waals surface area contributed by atoms with Gasteiger partial charge in [-0.15, -0.1) is 0 Å². The third-order valence-corrected chi connectivity index (χ3v) is 13.9. The summed E-state index contributed by atoms with van der Waals surface area (Å²) >= 11 is 0. The highest BCUT2D eigenvalue weighted by molar-refractivity contribution is 6.89. The van der Waals surface area contributed by atoms with Crippen LogP contribution >= 0.6 is 0 Å². The maximum absolute atomic E-state index is 2.58. The number of unbranched alkanes of at least 4 members (excludes halogenated alkanes) is 16. The van der Waals surface area contributed by atoms with Gasteiger partial charge in [-0.05, 0) is 52.2 Å². The van der Waals surface area contributed by atoms with E-state index in [0.717, 1.165) is 9.52 Å². The van der Waals surface area contributed by atoms with Crippen molar-refractivity contribution in [2.24, 2.45) is 0 Å². The first-order valence-corrected chi connectivity index (χ1v) is 21.8. The molecular formula is C38H66Si2. The second-order valence-corrected chi connectivity index (χ2v) is 21.0. The fourth-order valence-electron chi connectivity index (χ4n) is 6.76. The largest absolute Gasteiger partial charge is 0.0983 e. The summed E-state index contributed by atoms with van der Waals surface area (Å²) in [5.41, 5.74) is 7.90. The molecule has 0 amide bonds. The van der Waals surface area contributed by atoms with Gasteiger partial charge in [0.1, 0.15) is 0 Å². The Labute approximate surface area is 255 Å². The Morgan fingerprint density at radius 3 is 1.35 bits per heavy atom. The molecule has 2 heteroatoms. The van der Waals surface area contributed by atoms with E-state index in [-0.39, 0.29) is 5.04 Å². The summed E-state index contributed by atoms with van der Waals surface area (Å²) in [4.78, 5) is 0. The Morgan fingerprint density at radius 2 is 0.950 bits per heavy atom. The third-order valence-electron chi connectivity index (χ3n) is 9.92. The summed E-state index contributed by atoms with van der Waals surface area (Å²) < 4.78 is 0. The maximum atomic E-state index is 2.58. The zero-order chi connectivity index (χ0) is 29.6. The number of rotatable bonds is 21. The zero-order valence-corrected chi connectivity index (χ0v) is 30.5. The van der Waals surface area contributed by atoms with Crippen LogP contribution in [-0.2, 0) is 0 Å². The molecule has 0 unspecified atom stereocenters. The van der Waals surface area contributed by atoms with Crippen molar-refractivity contribution in [1.82, 2.24) is 0 Å². The van der Waals surface area contributed by atoms with Gasteiger partial charge in [0, 0.05) is 5.04 Å². The fourth-order valence-corrected chi connectivity index (χ4v) is 10.2. The lowest BCUT2D eigenvalue weighted by Gasteiger charge is -2.34. The molecule has 1 aromatic rings. The topological polar surface area (TPSA) is 0 Å². The molecule has 0 fully saturated rings. The zero-order valence-electron chi connectivity index (χ0n) is 28.5. The van der Waals surface area contributed by atoms with E-state index in [1.165, 1.54) is 121 Å². The molecule has 1 aliphatic rings. The predicted octanol–water partition coefficient (Wildman–Crippen LogP) is 11.8. The third kappa shape index (κ3) is 11.1. The van der Waals surface area contributed by atoms with Gasteiger partial charge >= 0.3 is 0 Å². The van der Waals surface area contributed by atoms with Gasteiger partial charge in [-0.3, -0.25) is 0 Å². The van der Waals surface area contributed by atoms with Crippen molar-refractivity contribution in [3.8, 4) is 0 Å². The average molecular weight is 579 g/mol. The highest BCUT2D eigenvalue weighted by Crippen LogP contribution is 2.55. The van der Waals surface area contributed by atoms with E-state index in [4.69, 9.17) is 0 Å². The first-order chi connectivity index (χ1) is 19.0. The van der Waals surface area contributed by atoms with Gasteiger partial charge in [0.2, 0.25) is 0 Å². The molecule has 0 aliphatic heterocycles. The Bertz CT molecular complexity index is 919. The van der Waals surface area contributed by atoms with Crippen LogP contribution in [0.2, 0.25) is 24.7 Å². The Balaban J connectivity index is 1.74. The molecule has 226 valence electrons. The van der Waals surface area contributed by atoms with Crippen molar-refractivity contribution < 1.29 is 0 Å². The van der Waals surface area contributed by atoms with E-state index in [1.54, 1.807) is 32.7 Å². The second kappa shape index (κ2) is 17.9. The maximum Gasteiger partial charge on any atom is 0.0983 e. The standard InChI is InChI=1S/C38H66Si2/c1-10-11-12-13-14-15-16-17-18-19-20-21-22-23-24-25-26-27-38(34(5)32(3)33(4)35(38)6)39-36-28-31(2)29-37(30-36)40(7,8)9/h28-30H,10-27H2,1-9H3. The molecule has 2 radical (unpaired) electrons. The van der Waals surface area contributed by atoms with Crippen molar-refractivity contribution in [3.05, 3.63) is 46.1 Å². The number of allylic oxidation sites excluding steroid dienone is 4. The van der Waals surface area contributed by atoms with Crippen LogP contribution in [0, 0.1) is 6.92 Å². The van der Waals surface area contributed by atoms with Crippen molar-refractivity contribution in [1.29, 1.82) is 0 Å². The van der Waals surface area contributed by atoms with Gasteiger partial charge in [0.25, 0.3) is 0 Å². The van der Waals surface area contributed by atoms with Gasteiger partial charge in [0.15, 0.2) is 0 Å². The van der Waals surface area contributed by atoms with Crippen molar-refractivity contribution in [2.75, 3.05) is 0 Å². The molecule has 0 heterocycles. The highest BCUT2D eigenvalue weighted by atomic mass is 28.3. The van der Waals surface area contributed by atoms with E-state index < -0.39 is 8.07 Å². The molecule has 0 saturated heterocycles. The summed E-state index contributed by atoms with van der Waals surface area (Å²) in [5, 5.41) is 3.47. The smallest absolute Gasteiger partial charge is 0.0656 e. The summed E-state index contributed by atoms with van der Waals surface area (Å²) in [6, 6.07) is 7.53. The van der Waals surface area contributed by atoms with Crippen LogP contribution in [-0.4, -0.2) is 17.6 Å². The average Bonchev–Trinajstić information content (AvgIpc) is 3.05. The molecule has 0 nitrogen and oxygen atoms in total. The van der Waals surface area contributed by atoms with Crippen LogP contribution in [0.5, 0.6) is 0 Å². The first kappa shape index (κ1) is 35.3. The fraction of sp³-hybridized carbons (Fsp3) is 0.737. The van der Waals surface area contributed by atoms with Crippen LogP contribution in [0.3, 0.4) is 0 Å². The van der Waals surface area contributed by atoms with Crippen LogP contribution in [0.25, 0.3) is 0 Å². The predicted molar refractivity (Wildman–Crippen MR) is 188 cm³/mol. The lowest BCUT2D eigenvalue weighted by Crippen LogP contribution is -2.41. The summed E-state index contributed by atoms with van der Waals surface area (Å²) in [6.07, 6.45) is 25.9. The molecule has 0 spiro atoms. The van der Waals surface area contributed by atoms with Crippen LogP contribution in [0.1, 0.15) is 156 Å². The molecule has 0 saturated carbocycles. The van der Waals surface area contributed by atoms with E-state index in [1.807, 2.05) is 0 Å². The normalized spacial score (nSPS) is 15.5. The highest BCUT2D eigenvalue weighted by Gasteiger charge is 2.40. The number of aryl methyl sites for hydroxylation is 1. The molecular weight excluding hydrogens is 513 g/mol. The van der Waals surface area contributed by atoms with Crippen LogP contribution < -0.4 is 10.4 Å². The summed E-state index contributed by atoms with van der Waals surface area (Å²) in [7, 11) is -0.473. The van der Waals surface area contributed by atoms with E-state index in [2.05, 4.69) is 79.4 Å². The second-order valence-electron chi connectivity index (χ2n) is 14.3. The van der Waals surface area contributed by atoms with E-state index in [0.29, 0.717) is 0 Å². The van der Waals surface area contributed by atoms with Gasteiger partial charge in [0.05, 0.1) is 17.6 Å². The van der Waals surface area contributed by atoms with Crippen molar-refractivity contribution in [3.63, 3.8) is 0 Å². The Morgan fingerprint density at radius 1 is 0.550 bits per heavy atom. The molecule has 2 rings (SSSR count). The van der Waals surface area contributed by atoms with Gasteiger partial charge in [-0.1, -0.05) is 181 Å². The van der Waals surface area contributed by atoms with Gasteiger partial charge < -0.3 is 0 Å². The molecule has 0 atom stereocenters. The molecule has 1 aliphatic carbocycles. The van der Waals surface area contributed by atoms with Crippen molar-refractivity contribution in [2.45, 2.75) is 182 Å². The van der Waals surface area contributed by atoms with E-state index in [9.17, 15) is 0 Å². The molecule has 0 bridgehead atoms. The van der Waals surface area contributed by atoms with Crippen LogP contribution in [0.4, 0.5) is 0 Å². The molecule has 0 aromatic heterocycles. The molecule has 1 aromatic carbocycles. The summed E-state index contributed by atoms with van der Waals surface area (Å²) in [6.45, 7) is 21.7. The number of benzene rings is 1. The van der Waals surface area contributed by atoms with Gasteiger partial charge in [-0.2, -0.15) is 0 Å². The Hall–Kier alpha value is -0.866. The lowest BCUT2D eigenvalue weighted by atomic mass is 9.89. The quantitative estimate of drug-likeness (QED) is 0.100. The Kier molecular flexibility index (Phi) is 15.8.